The average molecular weight is 253 g/mol. The molecule has 5 unspecified atom stereocenters. The summed E-state index contributed by atoms with van der Waals surface area (Å²) >= 11 is 0. The predicted molar refractivity (Wildman–Crippen MR) is 76.7 cm³/mol. The molecule has 1 heteroatoms. The van der Waals surface area contributed by atoms with Gasteiger partial charge in [-0.25, -0.2) is 0 Å². The van der Waals surface area contributed by atoms with Crippen LogP contribution in [0.2, 0.25) is 0 Å². The molecule has 0 spiro atoms. The van der Waals surface area contributed by atoms with Crippen molar-refractivity contribution in [1.29, 1.82) is 0 Å². The zero-order valence-corrected chi connectivity index (χ0v) is 11.5. The maximum absolute atomic E-state index is 6.64. The van der Waals surface area contributed by atoms with Crippen molar-refractivity contribution in [2.75, 3.05) is 0 Å². The molecule has 4 aliphatic rings. The van der Waals surface area contributed by atoms with Gasteiger partial charge in [0.2, 0.25) is 0 Å². The van der Waals surface area contributed by atoms with E-state index < -0.39 is 0 Å². The van der Waals surface area contributed by atoms with E-state index in [1.807, 2.05) is 0 Å². The Bertz CT molecular complexity index is 518. The maximum Gasteiger partial charge on any atom is 0.0329 e. The standard InChI is InChI=1S/C18H23N/c19-18(14-7-4-10-2-1-3-11(10)8-14)17-15-12-5-6-13(9-12)16(15)17/h4,7-8,12-13,15-18H,1-3,5-6,9,19H2. The van der Waals surface area contributed by atoms with Crippen molar-refractivity contribution in [2.24, 2.45) is 35.3 Å². The molecule has 1 nitrogen and oxygen atoms in total. The van der Waals surface area contributed by atoms with Crippen LogP contribution in [-0.2, 0) is 12.8 Å². The van der Waals surface area contributed by atoms with E-state index in [4.69, 9.17) is 5.73 Å². The van der Waals surface area contributed by atoms with E-state index in [-0.39, 0.29) is 0 Å². The fourth-order valence-corrected chi connectivity index (χ4v) is 5.89. The molecular formula is C18H23N. The first-order chi connectivity index (χ1) is 9.33. The lowest BCUT2D eigenvalue weighted by Gasteiger charge is -2.17. The van der Waals surface area contributed by atoms with Gasteiger partial charge in [0.25, 0.3) is 0 Å². The van der Waals surface area contributed by atoms with Gasteiger partial charge >= 0.3 is 0 Å². The van der Waals surface area contributed by atoms with Gasteiger partial charge in [0.05, 0.1) is 0 Å². The first-order valence-electron chi connectivity index (χ1n) is 8.20. The Labute approximate surface area is 115 Å². The van der Waals surface area contributed by atoms with Crippen molar-refractivity contribution < 1.29 is 0 Å². The van der Waals surface area contributed by atoms with E-state index in [1.54, 1.807) is 11.1 Å². The summed E-state index contributed by atoms with van der Waals surface area (Å²) in [5.41, 5.74) is 11.2. The summed E-state index contributed by atoms with van der Waals surface area (Å²) < 4.78 is 0. The van der Waals surface area contributed by atoms with Gasteiger partial charge in [-0.1, -0.05) is 18.2 Å². The predicted octanol–water partition coefficient (Wildman–Crippen LogP) is 3.47. The molecule has 100 valence electrons. The summed E-state index contributed by atoms with van der Waals surface area (Å²) in [5, 5.41) is 0. The van der Waals surface area contributed by atoms with Crippen molar-refractivity contribution in [3.63, 3.8) is 0 Å². The second-order valence-electron chi connectivity index (χ2n) is 7.47. The van der Waals surface area contributed by atoms with Crippen molar-refractivity contribution in [2.45, 2.75) is 44.6 Å². The third-order valence-electron chi connectivity index (χ3n) is 6.72. The minimum absolute atomic E-state index is 0.323. The third kappa shape index (κ3) is 1.40. The summed E-state index contributed by atoms with van der Waals surface area (Å²) in [6, 6.07) is 7.43. The summed E-state index contributed by atoms with van der Waals surface area (Å²) in [6.07, 6.45) is 8.43. The molecule has 19 heavy (non-hydrogen) atoms. The van der Waals surface area contributed by atoms with Crippen LogP contribution in [0, 0.1) is 29.6 Å². The lowest BCUT2D eigenvalue weighted by molar-refractivity contribution is 0.417. The highest BCUT2D eigenvalue weighted by atomic mass is 14.8. The molecule has 2 bridgehead atoms. The van der Waals surface area contributed by atoms with Crippen molar-refractivity contribution in [1.82, 2.24) is 0 Å². The van der Waals surface area contributed by atoms with Crippen LogP contribution in [0.5, 0.6) is 0 Å². The lowest BCUT2D eigenvalue weighted by atomic mass is 9.92. The minimum atomic E-state index is 0.323. The highest BCUT2D eigenvalue weighted by Gasteiger charge is 2.66. The van der Waals surface area contributed by atoms with Gasteiger partial charge in [0, 0.05) is 6.04 Å². The Morgan fingerprint density at radius 2 is 1.74 bits per heavy atom. The Morgan fingerprint density at radius 3 is 2.53 bits per heavy atom. The molecule has 0 aliphatic heterocycles. The molecule has 5 atom stereocenters. The van der Waals surface area contributed by atoms with E-state index in [1.165, 1.54) is 44.1 Å². The molecule has 0 radical (unpaired) electrons. The molecule has 3 fully saturated rings. The topological polar surface area (TPSA) is 26.0 Å². The number of aryl methyl sites for hydroxylation is 2. The van der Waals surface area contributed by atoms with E-state index >= 15 is 0 Å². The van der Waals surface area contributed by atoms with Gasteiger partial charge in [-0.15, -0.1) is 0 Å². The molecule has 1 aromatic carbocycles. The van der Waals surface area contributed by atoms with Crippen LogP contribution in [0.25, 0.3) is 0 Å². The lowest BCUT2D eigenvalue weighted by Crippen LogP contribution is -2.17. The number of nitrogens with two attached hydrogens (primary N) is 1. The van der Waals surface area contributed by atoms with Crippen LogP contribution in [0.1, 0.15) is 48.4 Å². The SMILES string of the molecule is NC(c1ccc2c(c1)CCC2)C1C2C3CCC(C3)C21. The minimum Gasteiger partial charge on any atom is -0.324 e. The Balaban J connectivity index is 1.42. The van der Waals surface area contributed by atoms with Crippen LogP contribution < -0.4 is 5.73 Å². The molecule has 0 heterocycles. The van der Waals surface area contributed by atoms with Crippen LogP contribution >= 0.6 is 0 Å². The molecule has 2 N–H and O–H groups in total. The number of rotatable bonds is 2. The first-order valence-corrected chi connectivity index (χ1v) is 8.20. The van der Waals surface area contributed by atoms with Gasteiger partial charge in [0.15, 0.2) is 0 Å². The molecule has 0 amide bonds. The second kappa shape index (κ2) is 3.63. The van der Waals surface area contributed by atoms with E-state index in [9.17, 15) is 0 Å². The molecule has 0 saturated heterocycles. The smallest absolute Gasteiger partial charge is 0.0329 e. The van der Waals surface area contributed by atoms with Gasteiger partial charge in [0.1, 0.15) is 0 Å². The van der Waals surface area contributed by atoms with Gasteiger partial charge in [-0.2, -0.15) is 0 Å². The molecule has 3 saturated carbocycles. The summed E-state index contributed by atoms with van der Waals surface area (Å²) in [6.45, 7) is 0. The molecule has 4 aliphatic carbocycles. The van der Waals surface area contributed by atoms with E-state index in [0.29, 0.717) is 6.04 Å². The number of hydrogen-bond acceptors (Lipinski definition) is 1. The average Bonchev–Trinajstić information content (AvgIpc) is 2.84. The van der Waals surface area contributed by atoms with Crippen LogP contribution in [0.15, 0.2) is 18.2 Å². The van der Waals surface area contributed by atoms with Crippen LogP contribution in [0.3, 0.4) is 0 Å². The Kier molecular flexibility index (Phi) is 2.09. The zero-order valence-electron chi connectivity index (χ0n) is 11.5. The first kappa shape index (κ1) is 10.9. The normalized spacial score (nSPS) is 43.1. The monoisotopic (exact) mass is 253 g/mol. The van der Waals surface area contributed by atoms with Crippen molar-refractivity contribution in [3.05, 3.63) is 34.9 Å². The van der Waals surface area contributed by atoms with Crippen LogP contribution in [-0.4, -0.2) is 0 Å². The van der Waals surface area contributed by atoms with Crippen molar-refractivity contribution in [3.8, 4) is 0 Å². The summed E-state index contributed by atoms with van der Waals surface area (Å²) in [4.78, 5) is 0. The zero-order chi connectivity index (χ0) is 12.6. The second-order valence-corrected chi connectivity index (χ2v) is 7.47. The quantitative estimate of drug-likeness (QED) is 0.858. The maximum atomic E-state index is 6.64. The van der Waals surface area contributed by atoms with Gasteiger partial charge in [-0.05, 0) is 84.8 Å². The summed E-state index contributed by atoms with van der Waals surface area (Å²) in [7, 11) is 0. The fraction of sp³-hybridized carbons (Fsp3) is 0.667. The summed E-state index contributed by atoms with van der Waals surface area (Å²) in [5.74, 6) is 4.91. The molecule has 5 rings (SSSR count). The Hall–Kier alpha value is -0.820. The molecular weight excluding hydrogens is 230 g/mol. The van der Waals surface area contributed by atoms with E-state index in [2.05, 4.69) is 18.2 Å². The number of benzene rings is 1. The largest absolute Gasteiger partial charge is 0.324 e. The highest BCUT2D eigenvalue weighted by molar-refractivity contribution is 5.37. The van der Waals surface area contributed by atoms with Gasteiger partial charge < -0.3 is 5.73 Å². The van der Waals surface area contributed by atoms with Crippen molar-refractivity contribution >= 4 is 0 Å². The molecule has 0 aromatic heterocycles. The number of fused-ring (bicyclic) bond motifs is 6. The van der Waals surface area contributed by atoms with Crippen LogP contribution in [0.4, 0.5) is 0 Å². The van der Waals surface area contributed by atoms with E-state index in [0.717, 1.165) is 29.6 Å². The fourth-order valence-electron chi connectivity index (χ4n) is 5.89. The number of hydrogen-bond donors (Lipinski definition) is 1. The highest BCUT2D eigenvalue weighted by Crippen LogP contribution is 2.71. The van der Waals surface area contributed by atoms with Gasteiger partial charge in [-0.3, -0.25) is 0 Å². The Morgan fingerprint density at radius 1 is 1.00 bits per heavy atom. The third-order valence-corrected chi connectivity index (χ3v) is 6.72. The molecule has 1 aromatic rings.